The van der Waals surface area contributed by atoms with Gasteiger partial charge in [0.05, 0.1) is 30.9 Å². The quantitative estimate of drug-likeness (QED) is 0.745. The first-order valence-corrected chi connectivity index (χ1v) is 7.28. The van der Waals surface area contributed by atoms with Gasteiger partial charge in [-0.3, -0.25) is 4.79 Å². The number of alkyl halides is 6. The fraction of sp³-hybridized carbons (Fsp3) is 0.235. The van der Waals surface area contributed by atoms with Crippen LogP contribution in [0.15, 0.2) is 36.4 Å². The van der Waals surface area contributed by atoms with Crippen LogP contribution in [0.5, 0.6) is 11.5 Å². The number of halogens is 6. The molecule has 1 N–H and O–H groups in total. The zero-order valence-corrected chi connectivity index (χ0v) is 14.0. The molecule has 0 unspecified atom stereocenters. The van der Waals surface area contributed by atoms with Gasteiger partial charge in [-0.05, 0) is 36.4 Å². The second-order valence-corrected chi connectivity index (χ2v) is 5.31. The number of carbonyl (C=O) groups excluding carboxylic acids is 1. The standard InChI is InChI=1S/C17H13F6NO3/c1-26-12-3-4-14(27-2)13(8-12)15(25)24-11-6-9(16(18,19)20)5-10(7-11)17(21,22)23/h3-8H,1-2H3,(H,24,25). The lowest BCUT2D eigenvalue weighted by molar-refractivity contribution is -0.143. The van der Waals surface area contributed by atoms with Gasteiger partial charge in [0.25, 0.3) is 5.91 Å². The zero-order valence-electron chi connectivity index (χ0n) is 14.0. The molecule has 1 amide bonds. The van der Waals surface area contributed by atoms with E-state index in [0.717, 1.165) is 0 Å². The van der Waals surface area contributed by atoms with Crippen molar-refractivity contribution >= 4 is 11.6 Å². The number of amides is 1. The predicted molar refractivity (Wildman–Crippen MR) is 83.9 cm³/mol. The monoisotopic (exact) mass is 393 g/mol. The summed E-state index contributed by atoms with van der Waals surface area (Å²) >= 11 is 0. The van der Waals surface area contributed by atoms with Gasteiger partial charge in [0.1, 0.15) is 11.5 Å². The van der Waals surface area contributed by atoms with E-state index in [4.69, 9.17) is 9.47 Å². The number of nitrogens with one attached hydrogen (secondary N) is 1. The molecule has 10 heteroatoms. The molecular formula is C17H13F6NO3. The highest BCUT2D eigenvalue weighted by atomic mass is 19.4. The SMILES string of the molecule is COc1ccc(OC)c(C(=O)Nc2cc(C(F)(F)F)cc(C(F)(F)F)c2)c1. The van der Waals surface area contributed by atoms with Gasteiger partial charge in [-0.1, -0.05) is 0 Å². The van der Waals surface area contributed by atoms with Crippen LogP contribution in [0.1, 0.15) is 21.5 Å². The van der Waals surface area contributed by atoms with Crippen LogP contribution in [0.4, 0.5) is 32.0 Å². The number of rotatable bonds is 4. The molecule has 0 aliphatic carbocycles. The van der Waals surface area contributed by atoms with E-state index in [-0.39, 0.29) is 23.1 Å². The minimum absolute atomic E-state index is 0.0260. The van der Waals surface area contributed by atoms with Crippen molar-refractivity contribution in [2.24, 2.45) is 0 Å². The van der Waals surface area contributed by atoms with Crippen LogP contribution in [0, 0.1) is 0 Å². The van der Waals surface area contributed by atoms with Gasteiger partial charge in [-0.15, -0.1) is 0 Å². The highest BCUT2D eigenvalue weighted by molar-refractivity contribution is 6.06. The number of ether oxygens (including phenoxy) is 2. The van der Waals surface area contributed by atoms with E-state index in [0.29, 0.717) is 12.1 Å². The first-order chi connectivity index (χ1) is 12.5. The molecular weight excluding hydrogens is 380 g/mol. The number of methoxy groups -OCH3 is 2. The van der Waals surface area contributed by atoms with Gasteiger partial charge in [0, 0.05) is 5.69 Å². The van der Waals surface area contributed by atoms with Crippen molar-refractivity contribution in [3.8, 4) is 11.5 Å². The Kier molecular flexibility index (Phi) is 5.57. The summed E-state index contributed by atoms with van der Waals surface area (Å²) in [6, 6.07) is 4.90. The highest BCUT2D eigenvalue weighted by Gasteiger charge is 2.37. The van der Waals surface area contributed by atoms with Crippen LogP contribution in [0.3, 0.4) is 0 Å². The Morgan fingerprint density at radius 2 is 1.41 bits per heavy atom. The molecule has 0 bridgehead atoms. The van der Waals surface area contributed by atoms with E-state index < -0.39 is 35.1 Å². The molecule has 2 rings (SSSR count). The van der Waals surface area contributed by atoms with Crippen molar-refractivity contribution in [3.05, 3.63) is 53.1 Å². The predicted octanol–water partition coefficient (Wildman–Crippen LogP) is 4.99. The minimum atomic E-state index is -5.02. The second kappa shape index (κ2) is 7.37. The molecule has 146 valence electrons. The maximum Gasteiger partial charge on any atom is 0.416 e. The molecule has 0 atom stereocenters. The molecule has 0 heterocycles. The zero-order chi connectivity index (χ0) is 20.4. The molecule has 27 heavy (non-hydrogen) atoms. The highest BCUT2D eigenvalue weighted by Crippen LogP contribution is 2.37. The lowest BCUT2D eigenvalue weighted by Crippen LogP contribution is -2.16. The summed E-state index contributed by atoms with van der Waals surface area (Å²) in [6.07, 6.45) is -10.0. The average molecular weight is 393 g/mol. The van der Waals surface area contributed by atoms with Gasteiger partial charge in [-0.2, -0.15) is 26.3 Å². The fourth-order valence-corrected chi connectivity index (χ4v) is 2.22. The van der Waals surface area contributed by atoms with Gasteiger partial charge >= 0.3 is 12.4 Å². The number of benzene rings is 2. The lowest BCUT2D eigenvalue weighted by Gasteiger charge is -2.15. The van der Waals surface area contributed by atoms with Crippen molar-refractivity contribution in [1.29, 1.82) is 0 Å². The van der Waals surface area contributed by atoms with Crippen molar-refractivity contribution in [2.75, 3.05) is 19.5 Å². The number of hydrogen-bond donors (Lipinski definition) is 1. The van der Waals surface area contributed by atoms with Crippen LogP contribution in [-0.2, 0) is 12.4 Å². The van der Waals surface area contributed by atoms with E-state index in [2.05, 4.69) is 0 Å². The molecule has 0 aliphatic heterocycles. The Balaban J connectivity index is 2.46. The van der Waals surface area contributed by atoms with Crippen LogP contribution >= 0.6 is 0 Å². The molecule has 0 radical (unpaired) electrons. The normalized spacial score (nSPS) is 11.9. The third kappa shape index (κ3) is 4.83. The van der Waals surface area contributed by atoms with Gasteiger partial charge in [0.2, 0.25) is 0 Å². The third-order valence-electron chi connectivity index (χ3n) is 3.50. The minimum Gasteiger partial charge on any atom is -0.497 e. The van der Waals surface area contributed by atoms with Crippen molar-refractivity contribution in [2.45, 2.75) is 12.4 Å². The van der Waals surface area contributed by atoms with Gasteiger partial charge in [0.15, 0.2) is 0 Å². The summed E-state index contributed by atoms with van der Waals surface area (Å²) in [7, 11) is 2.58. The molecule has 2 aromatic carbocycles. The van der Waals surface area contributed by atoms with E-state index in [1.165, 1.54) is 32.4 Å². The molecule has 0 fully saturated rings. The van der Waals surface area contributed by atoms with E-state index in [1.807, 2.05) is 5.32 Å². The van der Waals surface area contributed by atoms with Crippen LogP contribution < -0.4 is 14.8 Å². The molecule has 0 aliphatic rings. The van der Waals surface area contributed by atoms with Crippen molar-refractivity contribution < 1.29 is 40.6 Å². The number of hydrogen-bond acceptors (Lipinski definition) is 3. The van der Waals surface area contributed by atoms with Crippen molar-refractivity contribution in [1.82, 2.24) is 0 Å². The maximum atomic E-state index is 12.9. The van der Waals surface area contributed by atoms with E-state index in [9.17, 15) is 31.1 Å². The molecule has 0 saturated carbocycles. The Bertz CT molecular complexity index is 813. The summed E-state index contributed by atoms with van der Waals surface area (Å²) in [5.41, 5.74) is -3.86. The molecule has 4 nitrogen and oxygen atoms in total. The topological polar surface area (TPSA) is 47.6 Å². The Morgan fingerprint density at radius 3 is 1.85 bits per heavy atom. The van der Waals surface area contributed by atoms with E-state index in [1.54, 1.807) is 0 Å². The van der Waals surface area contributed by atoms with Gasteiger partial charge in [-0.25, -0.2) is 0 Å². The second-order valence-electron chi connectivity index (χ2n) is 5.31. The summed E-state index contributed by atoms with van der Waals surface area (Å²) < 4.78 is 87.3. The lowest BCUT2D eigenvalue weighted by atomic mass is 10.1. The Labute approximate surface area is 149 Å². The van der Waals surface area contributed by atoms with E-state index >= 15 is 0 Å². The Hall–Kier alpha value is -2.91. The van der Waals surface area contributed by atoms with Crippen LogP contribution in [-0.4, -0.2) is 20.1 Å². The van der Waals surface area contributed by atoms with Gasteiger partial charge < -0.3 is 14.8 Å². The molecule has 0 spiro atoms. The smallest absolute Gasteiger partial charge is 0.416 e. The Morgan fingerprint density at radius 1 is 0.852 bits per heavy atom. The summed E-state index contributed by atoms with van der Waals surface area (Å²) in [5.74, 6) is -0.643. The number of anilines is 1. The first kappa shape index (κ1) is 20.4. The third-order valence-corrected chi connectivity index (χ3v) is 3.50. The summed E-state index contributed by atoms with van der Waals surface area (Å²) in [5, 5.41) is 2.03. The fourth-order valence-electron chi connectivity index (χ4n) is 2.22. The molecule has 0 aromatic heterocycles. The number of carbonyl (C=O) groups is 1. The van der Waals surface area contributed by atoms with Crippen LogP contribution in [0.25, 0.3) is 0 Å². The summed E-state index contributed by atoms with van der Waals surface area (Å²) in [6.45, 7) is 0. The average Bonchev–Trinajstić information content (AvgIpc) is 2.59. The first-order valence-electron chi connectivity index (χ1n) is 7.28. The molecule has 0 saturated heterocycles. The summed E-state index contributed by atoms with van der Waals surface area (Å²) in [4.78, 5) is 12.4. The molecule has 2 aromatic rings. The van der Waals surface area contributed by atoms with Crippen LogP contribution in [0.2, 0.25) is 0 Å². The van der Waals surface area contributed by atoms with Crippen molar-refractivity contribution in [3.63, 3.8) is 0 Å². The maximum absolute atomic E-state index is 12.9. The largest absolute Gasteiger partial charge is 0.497 e.